The molecule has 49 valence electrons. The fourth-order valence-electron chi connectivity index (χ4n) is 0.489. The van der Waals surface area contributed by atoms with Gasteiger partial charge in [0.05, 0.1) is 0 Å². The summed E-state index contributed by atoms with van der Waals surface area (Å²) >= 11 is -5.12. The fourth-order valence-corrected chi connectivity index (χ4v) is 1.24. The maximum atomic E-state index is 10.2. The van der Waals surface area contributed by atoms with Gasteiger partial charge in [-0.25, -0.2) is 0 Å². The first-order valence-electron chi connectivity index (χ1n) is 2.26. The summed E-state index contributed by atoms with van der Waals surface area (Å²) in [5.41, 5.74) is 0. The second-order valence-electron chi connectivity index (χ2n) is 1.53. The Morgan fingerprint density at radius 1 is 1.20 bits per heavy atom. The third kappa shape index (κ3) is 2.33. The van der Waals surface area contributed by atoms with E-state index in [2.05, 4.69) is 0 Å². The molecule has 0 spiro atoms. The molecule has 0 saturated carbocycles. The molecular weight excluding hydrogens is 168 g/mol. The monoisotopic (exact) mass is 172 g/mol. The normalized spacial score (nSPS) is 10.5. The summed E-state index contributed by atoms with van der Waals surface area (Å²) in [5.74, 6) is 0. The van der Waals surface area contributed by atoms with Gasteiger partial charge >= 0.3 is 72.7 Å². The van der Waals surface area contributed by atoms with Crippen LogP contribution in [0, 0.1) is 0 Å². The second-order valence-corrected chi connectivity index (χ2v) is 3.72. The summed E-state index contributed by atoms with van der Waals surface area (Å²) in [5, 5.41) is 0. The Hall–Kier alpha value is 0.0218. The Kier molecular flexibility index (Phi) is 3.43. The quantitative estimate of drug-likeness (QED) is 0.410. The van der Waals surface area contributed by atoms with Gasteiger partial charge in [-0.3, -0.25) is 0 Å². The van der Waals surface area contributed by atoms with Crippen LogP contribution in [0.15, 0.2) is 24.5 Å². The van der Waals surface area contributed by atoms with Gasteiger partial charge in [-0.2, -0.15) is 0 Å². The average Bonchev–Trinajstić information content (AvgIpc) is 2.08. The Bertz CT molecular complexity index is 277. The zero-order chi connectivity index (χ0) is 6.91. The van der Waals surface area contributed by atoms with Crippen molar-refractivity contribution in [3.05, 3.63) is 24.5 Å². The van der Waals surface area contributed by atoms with Crippen LogP contribution in [-0.4, -0.2) is 3.42 Å². The van der Waals surface area contributed by atoms with Crippen molar-refractivity contribution in [2.75, 3.05) is 0 Å². The maximum absolute atomic E-state index is 10.2. The van der Waals surface area contributed by atoms with Gasteiger partial charge in [0.25, 0.3) is 0 Å². The molecule has 0 amide bonds. The van der Waals surface area contributed by atoms with E-state index in [1.807, 2.05) is 0 Å². The van der Waals surface area contributed by atoms with E-state index < -0.39 is 14.5 Å². The van der Waals surface area contributed by atoms with Crippen LogP contribution in [0.2, 0.25) is 0 Å². The molecule has 0 N–H and O–H groups in total. The van der Waals surface area contributed by atoms with Crippen molar-refractivity contribution in [2.24, 2.45) is 0 Å². The van der Waals surface area contributed by atoms with Crippen LogP contribution >= 0.6 is 0 Å². The Morgan fingerprint density at radius 2 is 1.60 bits per heavy atom. The van der Waals surface area contributed by atoms with E-state index in [1.54, 1.807) is 0 Å². The summed E-state index contributed by atoms with van der Waals surface area (Å²) in [6.45, 7) is 0. The van der Waals surface area contributed by atoms with Crippen LogP contribution in [-0.2, 0) is 21.8 Å². The van der Waals surface area contributed by atoms with Crippen molar-refractivity contribution in [3.63, 3.8) is 0 Å². The third-order valence-electron chi connectivity index (χ3n) is 0.872. The van der Waals surface area contributed by atoms with E-state index in [-0.39, 0.29) is 18.9 Å². The Morgan fingerprint density at radius 3 is 1.80 bits per heavy atom. The molecule has 6 heteroatoms. The van der Waals surface area contributed by atoms with Crippen LogP contribution < -0.4 is 22.9 Å². The molecule has 1 heterocycles. The standard InChI is InChI=1S/C4H4N.Li.3O.V/c1-2-4-5-3-1;;;;;/h1-4H;;;;;/q-1;+1;;;-1;+1. The number of hydrogen-bond acceptors (Lipinski definition) is 3. The van der Waals surface area contributed by atoms with Gasteiger partial charge in [0.1, 0.15) is 0 Å². The van der Waals surface area contributed by atoms with E-state index in [4.69, 9.17) is 0 Å². The minimum atomic E-state index is -5.12. The molecule has 4 nitrogen and oxygen atoms in total. The molecule has 0 bridgehead atoms. The zero-order valence-corrected chi connectivity index (χ0v) is 6.83. The number of nitrogens with zero attached hydrogens (tertiary/aromatic N) is 1. The molecule has 1 rings (SSSR count). The molecule has 0 atom stereocenters. The summed E-state index contributed by atoms with van der Waals surface area (Å²) in [6.07, 6.45) is 2.44. The fraction of sp³-hybridized carbons (Fsp3) is 0. The summed E-state index contributed by atoms with van der Waals surface area (Å²) in [4.78, 5) is 0. The first kappa shape index (κ1) is 10.0. The third-order valence-corrected chi connectivity index (χ3v) is 2.17. The first-order valence-corrected chi connectivity index (χ1v) is 4.60. The zero-order valence-electron chi connectivity index (χ0n) is 5.43. The van der Waals surface area contributed by atoms with Crippen molar-refractivity contribution in [1.29, 1.82) is 0 Å². The summed E-state index contributed by atoms with van der Waals surface area (Å²) in [7, 11) is 0. The van der Waals surface area contributed by atoms with Crippen molar-refractivity contribution >= 4 is 0 Å². The summed E-state index contributed by atoms with van der Waals surface area (Å²) in [6, 6.07) is 2.98. The Labute approximate surface area is 72.7 Å². The van der Waals surface area contributed by atoms with Crippen LogP contribution in [0.3, 0.4) is 0 Å². The van der Waals surface area contributed by atoms with Crippen LogP contribution in [0.4, 0.5) is 0 Å². The van der Waals surface area contributed by atoms with Crippen molar-refractivity contribution in [1.82, 2.24) is 3.42 Å². The van der Waals surface area contributed by atoms with Crippen molar-refractivity contribution in [2.45, 2.75) is 0 Å². The van der Waals surface area contributed by atoms with E-state index in [1.165, 1.54) is 24.5 Å². The first-order chi connectivity index (χ1) is 4.11. The molecule has 0 aliphatic carbocycles. The number of hydrogen-bond donors (Lipinski definition) is 0. The molecule has 0 aliphatic rings. The van der Waals surface area contributed by atoms with Gasteiger partial charge < -0.3 is 0 Å². The van der Waals surface area contributed by atoms with Crippen LogP contribution in [0.1, 0.15) is 0 Å². The van der Waals surface area contributed by atoms with E-state index in [0.29, 0.717) is 3.42 Å². The molecule has 0 fully saturated rings. The molecule has 0 unspecified atom stereocenters. The molecule has 0 aliphatic heterocycles. The molecule has 10 heavy (non-hydrogen) atoms. The molecular formula is C4H4LiNO3V. The van der Waals surface area contributed by atoms with Crippen LogP contribution in [0.5, 0.6) is 0 Å². The Balaban J connectivity index is 0.000000810. The van der Waals surface area contributed by atoms with Gasteiger partial charge in [-0.1, -0.05) is 0 Å². The van der Waals surface area contributed by atoms with Crippen LogP contribution in [0.25, 0.3) is 0 Å². The molecule has 0 aromatic carbocycles. The molecule has 1 aromatic rings. The predicted molar refractivity (Wildman–Crippen MR) is 21.2 cm³/mol. The van der Waals surface area contributed by atoms with Gasteiger partial charge in [0.15, 0.2) is 0 Å². The van der Waals surface area contributed by atoms with E-state index in [0.717, 1.165) is 0 Å². The van der Waals surface area contributed by atoms with Gasteiger partial charge in [-0.05, 0) is 0 Å². The van der Waals surface area contributed by atoms with E-state index in [9.17, 15) is 11.4 Å². The van der Waals surface area contributed by atoms with Crippen molar-refractivity contribution < 1.29 is 44.7 Å². The molecule has 0 saturated heterocycles. The van der Waals surface area contributed by atoms with E-state index >= 15 is 0 Å². The molecule has 1 aromatic heterocycles. The number of rotatable bonds is 1. The minimum absolute atomic E-state index is 0. The van der Waals surface area contributed by atoms with Gasteiger partial charge in [0.2, 0.25) is 0 Å². The summed E-state index contributed by atoms with van der Waals surface area (Å²) < 4.78 is 31.3. The predicted octanol–water partition coefficient (Wildman–Crippen LogP) is -3.62. The SMILES string of the molecule is [Li+].[O]=[V](=[O])([O-])[n]1cccc1. The number of aromatic nitrogens is 1. The van der Waals surface area contributed by atoms with Gasteiger partial charge in [0, 0.05) is 0 Å². The topological polar surface area (TPSA) is 62.1 Å². The second kappa shape index (κ2) is 3.42. The van der Waals surface area contributed by atoms with Crippen molar-refractivity contribution in [3.8, 4) is 0 Å². The molecule has 0 radical (unpaired) electrons. The van der Waals surface area contributed by atoms with Gasteiger partial charge in [-0.15, -0.1) is 0 Å². The average molecular weight is 172 g/mol.